The van der Waals surface area contributed by atoms with Crippen molar-refractivity contribution in [2.45, 2.75) is 32.7 Å². The minimum atomic E-state index is -0.409. The molecular weight excluding hydrogens is 218 g/mol. The third kappa shape index (κ3) is 3.78. The first-order valence-corrected chi connectivity index (χ1v) is 5.14. The second-order valence-corrected chi connectivity index (χ2v) is 4.94. The Morgan fingerprint density at radius 1 is 1.57 bits per heavy atom. The van der Waals surface area contributed by atoms with Crippen molar-refractivity contribution in [1.82, 2.24) is 0 Å². The number of hydrogen-bond acceptors (Lipinski definition) is 3. The molecule has 0 aromatic carbocycles. The summed E-state index contributed by atoms with van der Waals surface area (Å²) in [4.78, 5) is 12.5. The molecule has 4 heteroatoms. The Labute approximate surface area is 94.9 Å². The van der Waals surface area contributed by atoms with E-state index in [2.05, 4.69) is 0 Å². The molecular formula is C10H16ClNOS. The summed E-state index contributed by atoms with van der Waals surface area (Å²) in [6.45, 7) is 5.69. The Morgan fingerprint density at radius 2 is 2.14 bits per heavy atom. The van der Waals surface area contributed by atoms with Gasteiger partial charge in [0.05, 0.1) is 4.88 Å². The van der Waals surface area contributed by atoms with Crippen molar-refractivity contribution < 1.29 is 4.79 Å². The highest BCUT2D eigenvalue weighted by atomic mass is 35.5. The van der Waals surface area contributed by atoms with Crippen LogP contribution in [-0.4, -0.2) is 11.3 Å². The number of ketones is 1. The second kappa shape index (κ2) is 4.91. The third-order valence-corrected chi connectivity index (χ3v) is 2.79. The Bertz CT molecular complexity index is 314. The Morgan fingerprint density at radius 3 is 2.50 bits per heavy atom. The number of hydrogen-bond donors (Lipinski definition) is 1. The van der Waals surface area contributed by atoms with Crippen LogP contribution in [0.25, 0.3) is 0 Å². The average molecular weight is 234 g/mol. The van der Waals surface area contributed by atoms with E-state index in [1.807, 2.05) is 32.2 Å². The van der Waals surface area contributed by atoms with Crippen LogP contribution in [-0.2, 0) is 0 Å². The maximum Gasteiger partial charge on any atom is 0.174 e. The molecule has 0 amide bonds. The van der Waals surface area contributed by atoms with Crippen LogP contribution in [0.1, 0.15) is 35.5 Å². The van der Waals surface area contributed by atoms with Crippen LogP contribution in [0.15, 0.2) is 11.4 Å². The number of rotatable bonds is 3. The summed E-state index contributed by atoms with van der Waals surface area (Å²) < 4.78 is 0. The molecule has 0 aliphatic carbocycles. The quantitative estimate of drug-likeness (QED) is 0.816. The van der Waals surface area contributed by atoms with Crippen molar-refractivity contribution in [3.8, 4) is 0 Å². The zero-order valence-electron chi connectivity index (χ0n) is 8.66. The van der Waals surface area contributed by atoms with Crippen molar-refractivity contribution in [2.75, 3.05) is 0 Å². The molecule has 0 saturated carbocycles. The Balaban J connectivity index is 0.00000169. The largest absolute Gasteiger partial charge is 0.325 e. The monoisotopic (exact) mass is 233 g/mol. The van der Waals surface area contributed by atoms with Crippen molar-refractivity contribution in [3.05, 3.63) is 21.9 Å². The molecule has 1 rings (SSSR count). The molecule has 0 bridgehead atoms. The van der Waals surface area contributed by atoms with Crippen LogP contribution >= 0.6 is 23.7 Å². The standard InChI is InChI=1S/C10H15NOS.ClH/c1-7-4-5-13-9(7)8(12)6-10(2,3)11;/h4-5H,6,11H2,1-3H3;1H. The molecule has 0 fully saturated rings. The first-order valence-electron chi connectivity index (χ1n) is 4.26. The molecule has 14 heavy (non-hydrogen) atoms. The smallest absolute Gasteiger partial charge is 0.174 e. The van der Waals surface area contributed by atoms with Gasteiger partial charge in [0.15, 0.2) is 5.78 Å². The molecule has 2 N–H and O–H groups in total. The fraction of sp³-hybridized carbons (Fsp3) is 0.500. The summed E-state index contributed by atoms with van der Waals surface area (Å²) in [5.41, 5.74) is 6.42. The van der Waals surface area contributed by atoms with Crippen LogP contribution < -0.4 is 5.73 Å². The number of carbonyl (C=O) groups excluding carboxylic acids is 1. The van der Waals surface area contributed by atoms with Crippen LogP contribution in [0.3, 0.4) is 0 Å². The number of Topliss-reactive ketones (excluding diaryl/α,β-unsaturated/α-hetero) is 1. The highest BCUT2D eigenvalue weighted by molar-refractivity contribution is 7.12. The lowest BCUT2D eigenvalue weighted by Gasteiger charge is -2.16. The normalized spacial score (nSPS) is 10.9. The van der Waals surface area contributed by atoms with Gasteiger partial charge >= 0.3 is 0 Å². The highest BCUT2D eigenvalue weighted by Gasteiger charge is 2.19. The van der Waals surface area contributed by atoms with Gasteiger partial charge in [0, 0.05) is 12.0 Å². The van der Waals surface area contributed by atoms with Gasteiger partial charge in [-0.15, -0.1) is 23.7 Å². The summed E-state index contributed by atoms with van der Waals surface area (Å²) in [6.07, 6.45) is 0.411. The first kappa shape index (κ1) is 13.6. The molecule has 1 heterocycles. The Hall–Kier alpha value is -0.380. The lowest BCUT2D eigenvalue weighted by Crippen LogP contribution is -2.34. The third-order valence-electron chi connectivity index (χ3n) is 1.73. The summed E-state index contributed by atoms with van der Waals surface area (Å²) in [7, 11) is 0. The fourth-order valence-electron chi connectivity index (χ4n) is 1.15. The first-order chi connectivity index (χ1) is 5.90. The molecule has 0 aliphatic heterocycles. The van der Waals surface area contributed by atoms with E-state index >= 15 is 0 Å². The zero-order chi connectivity index (χ0) is 10.1. The molecule has 0 aliphatic rings. The summed E-state index contributed by atoms with van der Waals surface area (Å²) in [5.74, 6) is 0.153. The van der Waals surface area contributed by atoms with Crippen molar-refractivity contribution in [2.24, 2.45) is 5.73 Å². The van der Waals surface area contributed by atoms with Crippen molar-refractivity contribution >= 4 is 29.5 Å². The van der Waals surface area contributed by atoms with E-state index in [-0.39, 0.29) is 18.2 Å². The Kier molecular flexibility index (Phi) is 4.78. The van der Waals surface area contributed by atoms with Gasteiger partial charge in [-0.2, -0.15) is 0 Å². The van der Waals surface area contributed by atoms with Gasteiger partial charge < -0.3 is 5.73 Å². The molecule has 80 valence electrons. The number of carbonyl (C=O) groups is 1. The molecule has 0 radical (unpaired) electrons. The molecule has 1 aromatic heterocycles. The van der Waals surface area contributed by atoms with E-state index in [9.17, 15) is 4.79 Å². The fourth-order valence-corrected chi connectivity index (χ4v) is 2.02. The van der Waals surface area contributed by atoms with Crippen LogP contribution in [0.4, 0.5) is 0 Å². The van der Waals surface area contributed by atoms with Gasteiger partial charge in [-0.1, -0.05) is 0 Å². The number of halogens is 1. The molecule has 0 spiro atoms. The average Bonchev–Trinajstić information content (AvgIpc) is 2.30. The summed E-state index contributed by atoms with van der Waals surface area (Å²) >= 11 is 1.49. The maximum atomic E-state index is 11.7. The molecule has 2 nitrogen and oxygen atoms in total. The topological polar surface area (TPSA) is 43.1 Å². The van der Waals surface area contributed by atoms with Gasteiger partial charge in [-0.05, 0) is 37.8 Å². The molecule has 0 saturated heterocycles. The van der Waals surface area contributed by atoms with Gasteiger partial charge in [-0.25, -0.2) is 0 Å². The van der Waals surface area contributed by atoms with E-state index < -0.39 is 5.54 Å². The summed E-state index contributed by atoms with van der Waals surface area (Å²) in [5, 5.41) is 1.94. The predicted molar refractivity (Wildman–Crippen MR) is 63.5 cm³/mol. The van der Waals surface area contributed by atoms with Crippen LogP contribution in [0.2, 0.25) is 0 Å². The van der Waals surface area contributed by atoms with Crippen molar-refractivity contribution in [3.63, 3.8) is 0 Å². The molecule has 0 atom stereocenters. The van der Waals surface area contributed by atoms with Gasteiger partial charge in [0.1, 0.15) is 0 Å². The van der Waals surface area contributed by atoms with E-state index in [1.165, 1.54) is 11.3 Å². The second-order valence-electron chi connectivity index (χ2n) is 4.02. The molecule has 1 aromatic rings. The minimum Gasteiger partial charge on any atom is -0.325 e. The van der Waals surface area contributed by atoms with E-state index in [0.717, 1.165) is 10.4 Å². The van der Waals surface area contributed by atoms with Crippen molar-refractivity contribution in [1.29, 1.82) is 0 Å². The predicted octanol–water partition coefficient (Wildman–Crippen LogP) is 2.79. The summed E-state index contributed by atoms with van der Waals surface area (Å²) in [6, 6.07) is 1.96. The number of thiophene rings is 1. The minimum absolute atomic E-state index is 0. The SMILES string of the molecule is Cc1ccsc1C(=O)CC(C)(C)N.Cl. The van der Waals surface area contributed by atoms with Gasteiger partial charge in [0.2, 0.25) is 0 Å². The van der Waals surface area contributed by atoms with E-state index in [1.54, 1.807) is 0 Å². The van der Waals surface area contributed by atoms with Gasteiger partial charge in [-0.3, -0.25) is 4.79 Å². The maximum absolute atomic E-state index is 11.7. The lowest BCUT2D eigenvalue weighted by atomic mass is 9.98. The lowest BCUT2D eigenvalue weighted by molar-refractivity contribution is 0.0964. The number of nitrogens with two attached hydrogens (primary N) is 1. The van der Waals surface area contributed by atoms with Crippen LogP contribution in [0, 0.1) is 6.92 Å². The van der Waals surface area contributed by atoms with Gasteiger partial charge in [0.25, 0.3) is 0 Å². The highest BCUT2D eigenvalue weighted by Crippen LogP contribution is 2.19. The zero-order valence-corrected chi connectivity index (χ0v) is 10.3. The molecule has 0 unspecified atom stereocenters. The van der Waals surface area contributed by atoms with E-state index in [0.29, 0.717) is 6.42 Å². The van der Waals surface area contributed by atoms with Crippen LogP contribution in [0.5, 0.6) is 0 Å². The number of aryl methyl sites for hydroxylation is 1. The van der Waals surface area contributed by atoms with E-state index in [4.69, 9.17) is 5.73 Å².